The van der Waals surface area contributed by atoms with Crippen molar-refractivity contribution in [3.8, 4) is 5.69 Å². The highest BCUT2D eigenvalue weighted by molar-refractivity contribution is 9.10. The number of nitrogens with one attached hydrogen (secondary N) is 1. The molecule has 174 valence electrons. The fraction of sp³-hybridized carbons (Fsp3) is 0.286. The summed E-state index contributed by atoms with van der Waals surface area (Å²) in [5.41, 5.74) is 6.37. The molecule has 2 heterocycles. The smallest absolute Gasteiger partial charge is 0.228 e. The summed E-state index contributed by atoms with van der Waals surface area (Å²) >= 11 is 3.61. The minimum absolute atomic E-state index is 0.0295. The number of piperidine rings is 1. The molecule has 1 atom stereocenters. The first-order valence-corrected chi connectivity index (χ1v) is 12.6. The van der Waals surface area contributed by atoms with E-state index in [0.717, 1.165) is 64.2 Å². The van der Waals surface area contributed by atoms with Crippen LogP contribution in [-0.2, 0) is 11.3 Å². The third-order valence-electron chi connectivity index (χ3n) is 6.58. The first kappa shape index (κ1) is 22.8. The number of fused-ring (bicyclic) bond motifs is 1. The molecule has 0 unspecified atom stereocenters. The molecule has 5 nitrogen and oxygen atoms in total. The molecule has 3 aromatic carbocycles. The van der Waals surface area contributed by atoms with E-state index in [9.17, 15) is 4.79 Å². The molecule has 4 aromatic rings. The molecule has 6 heteroatoms. The van der Waals surface area contributed by atoms with Crippen LogP contribution in [-0.4, -0.2) is 33.4 Å². The van der Waals surface area contributed by atoms with Gasteiger partial charge in [-0.15, -0.1) is 0 Å². The van der Waals surface area contributed by atoms with Crippen LogP contribution in [0.1, 0.15) is 29.8 Å². The van der Waals surface area contributed by atoms with Gasteiger partial charge in [-0.3, -0.25) is 14.3 Å². The summed E-state index contributed by atoms with van der Waals surface area (Å²) in [6.07, 6.45) is 1.91. The summed E-state index contributed by atoms with van der Waals surface area (Å²) in [6, 6.07) is 22.7. The second-order valence-electron chi connectivity index (χ2n) is 9.21. The van der Waals surface area contributed by atoms with Crippen LogP contribution in [0.2, 0.25) is 0 Å². The van der Waals surface area contributed by atoms with Gasteiger partial charge in [0.15, 0.2) is 0 Å². The molecule has 1 amide bonds. The van der Waals surface area contributed by atoms with E-state index < -0.39 is 0 Å². The second kappa shape index (κ2) is 9.72. The van der Waals surface area contributed by atoms with Crippen molar-refractivity contribution in [2.75, 3.05) is 18.4 Å². The van der Waals surface area contributed by atoms with Gasteiger partial charge in [-0.2, -0.15) is 0 Å². The summed E-state index contributed by atoms with van der Waals surface area (Å²) in [6.45, 7) is 6.52. The number of amides is 1. The number of imidazole rings is 1. The van der Waals surface area contributed by atoms with E-state index in [2.05, 4.69) is 74.0 Å². The number of nitrogens with zero attached hydrogens (tertiary/aromatic N) is 3. The first-order chi connectivity index (χ1) is 16.5. The molecule has 1 aliphatic heterocycles. The number of aromatic nitrogens is 2. The van der Waals surface area contributed by atoms with Crippen LogP contribution in [0.5, 0.6) is 0 Å². The van der Waals surface area contributed by atoms with E-state index in [-0.39, 0.29) is 11.8 Å². The number of carbonyl (C=O) groups excluding carboxylic acids is 1. The van der Waals surface area contributed by atoms with E-state index in [1.54, 1.807) is 0 Å². The summed E-state index contributed by atoms with van der Waals surface area (Å²) in [5, 5.41) is 3.16. The monoisotopic (exact) mass is 516 g/mol. The number of hydrogen-bond donors (Lipinski definition) is 1. The number of aryl methyl sites for hydroxylation is 2. The zero-order chi connectivity index (χ0) is 23.7. The van der Waals surface area contributed by atoms with Gasteiger partial charge in [-0.1, -0.05) is 51.8 Å². The van der Waals surface area contributed by atoms with Gasteiger partial charge in [-0.25, -0.2) is 4.98 Å². The Bertz CT molecular complexity index is 1350. The van der Waals surface area contributed by atoms with Crippen LogP contribution in [0.25, 0.3) is 16.7 Å². The van der Waals surface area contributed by atoms with Crippen LogP contribution >= 0.6 is 15.9 Å². The Morgan fingerprint density at radius 1 is 1.09 bits per heavy atom. The van der Waals surface area contributed by atoms with Crippen molar-refractivity contribution in [2.24, 2.45) is 5.92 Å². The van der Waals surface area contributed by atoms with Gasteiger partial charge in [0, 0.05) is 22.4 Å². The maximum Gasteiger partial charge on any atom is 0.228 e. The molecule has 5 rings (SSSR count). The molecule has 0 bridgehead atoms. The fourth-order valence-corrected chi connectivity index (χ4v) is 5.27. The zero-order valence-corrected chi connectivity index (χ0v) is 21.2. The van der Waals surface area contributed by atoms with Crippen LogP contribution in [0.3, 0.4) is 0 Å². The van der Waals surface area contributed by atoms with Crippen molar-refractivity contribution in [1.29, 1.82) is 0 Å². The number of para-hydroxylation sites is 2. The second-order valence-corrected chi connectivity index (χ2v) is 10.1. The number of halogens is 1. The summed E-state index contributed by atoms with van der Waals surface area (Å²) in [4.78, 5) is 20.4. The van der Waals surface area contributed by atoms with Gasteiger partial charge < -0.3 is 5.32 Å². The summed E-state index contributed by atoms with van der Waals surface area (Å²) in [7, 11) is 0. The molecule has 1 fully saturated rings. The topological polar surface area (TPSA) is 50.2 Å². The van der Waals surface area contributed by atoms with Gasteiger partial charge in [0.25, 0.3) is 0 Å². The summed E-state index contributed by atoms with van der Waals surface area (Å²) < 4.78 is 3.27. The molecular weight excluding hydrogens is 488 g/mol. The van der Waals surface area contributed by atoms with E-state index in [0.29, 0.717) is 6.54 Å². The lowest BCUT2D eigenvalue weighted by atomic mass is 9.96. The first-order valence-electron chi connectivity index (χ1n) is 11.8. The molecular formula is C28H29BrN4O. The van der Waals surface area contributed by atoms with E-state index in [1.807, 2.05) is 37.3 Å². The largest absolute Gasteiger partial charge is 0.326 e. The lowest BCUT2D eigenvalue weighted by Gasteiger charge is -2.32. The van der Waals surface area contributed by atoms with Crippen LogP contribution in [0.4, 0.5) is 5.69 Å². The molecule has 0 spiro atoms. The average molecular weight is 517 g/mol. The third-order valence-corrected chi connectivity index (χ3v) is 7.07. The van der Waals surface area contributed by atoms with Gasteiger partial charge in [0.05, 0.1) is 23.5 Å². The number of hydrogen-bond acceptors (Lipinski definition) is 3. The molecule has 0 aliphatic carbocycles. The van der Waals surface area contributed by atoms with Crippen molar-refractivity contribution < 1.29 is 4.79 Å². The number of likely N-dealkylation sites (tertiary alicyclic amines) is 1. The normalized spacial score (nSPS) is 16.6. The van der Waals surface area contributed by atoms with Crippen molar-refractivity contribution in [2.45, 2.75) is 33.2 Å². The molecule has 0 radical (unpaired) electrons. The highest BCUT2D eigenvalue weighted by Gasteiger charge is 2.27. The van der Waals surface area contributed by atoms with Gasteiger partial charge >= 0.3 is 0 Å². The zero-order valence-electron chi connectivity index (χ0n) is 19.6. The lowest BCUT2D eigenvalue weighted by molar-refractivity contribution is -0.121. The Balaban J connectivity index is 1.37. The Morgan fingerprint density at radius 2 is 1.94 bits per heavy atom. The molecule has 34 heavy (non-hydrogen) atoms. The van der Waals surface area contributed by atoms with Crippen molar-refractivity contribution in [3.05, 3.63) is 88.2 Å². The number of anilines is 1. The van der Waals surface area contributed by atoms with E-state index in [4.69, 9.17) is 4.98 Å². The van der Waals surface area contributed by atoms with Gasteiger partial charge in [-0.05, 0) is 75.2 Å². The van der Waals surface area contributed by atoms with E-state index in [1.165, 1.54) is 5.56 Å². The molecule has 1 aliphatic rings. The van der Waals surface area contributed by atoms with Crippen molar-refractivity contribution >= 4 is 38.6 Å². The standard InChI is InChI=1S/C28H29BrN4O/c1-19-12-13-24(20(2)15-19)31-28(34)21-7-6-14-32(17-21)18-27-30-25-10-3-4-11-26(25)33(27)23-9-5-8-22(29)16-23/h3-5,8-13,15-16,21H,6-7,14,17-18H2,1-2H3,(H,31,34)/t21-/m1/s1. The quantitative estimate of drug-likeness (QED) is 0.340. The molecule has 1 aromatic heterocycles. The van der Waals surface area contributed by atoms with Crippen molar-refractivity contribution in [1.82, 2.24) is 14.5 Å². The summed E-state index contributed by atoms with van der Waals surface area (Å²) in [5.74, 6) is 1.07. The Morgan fingerprint density at radius 3 is 2.76 bits per heavy atom. The lowest BCUT2D eigenvalue weighted by Crippen LogP contribution is -2.40. The molecule has 1 N–H and O–H groups in total. The SMILES string of the molecule is Cc1ccc(NC(=O)[C@@H]2CCCN(Cc3nc4ccccc4n3-c3cccc(Br)c3)C2)c(C)c1. The third kappa shape index (κ3) is 4.79. The van der Waals surface area contributed by atoms with Gasteiger partial charge in [0.2, 0.25) is 5.91 Å². The number of rotatable bonds is 5. The maximum absolute atomic E-state index is 13.1. The predicted octanol–water partition coefficient (Wildman–Crippen LogP) is 6.26. The van der Waals surface area contributed by atoms with Gasteiger partial charge in [0.1, 0.15) is 5.82 Å². The Kier molecular flexibility index (Phi) is 6.53. The fourth-order valence-electron chi connectivity index (χ4n) is 4.89. The highest BCUT2D eigenvalue weighted by Crippen LogP contribution is 2.27. The van der Waals surface area contributed by atoms with Crippen LogP contribution < -0.4 is 5.32 Å². The van der Waals surface area contributed by atoms with E-state index >= 15 is 0 Å². The predicted molar refractivity (Wildman–Crippen MR) is 141 cm³/mol. The Hall–Kier alpha value is -2.96. The minimum atomic E-state index is -0.0295. The number of carbonyl (C=O) groups is 1. The molecule has 0 saturated carbocycles. The molecule has 1 saturated heterocycles. The van der Waals surface area contributed by atoms with Crippen LogP contribution in [0, 0.1) is 19.8 Å². The van der Waals surface area contributed by atoms with Crippen LogP contribution in [0.15, 0.2) is 71.2 Å². The van der Waals surface area contributed by atoms with Crippen molar-refractivity contribution in [3.63, 3.8) is 0 Å². The minimum Gasteiger partial charge on any atom is -0.326 e. The maximum atomic E-state index is 13.1. The average Bonchev–Trinajstić information content (AvgIpc) is 3.18. The number of benzene rings is 3. The highest BCUT2D eigenvalue weighted by atomic mass is 79.9. The Labute approximate surface area is 208 Å².